The quantitative estimate of drug-likeness (QED) is 0.527. The van der Waals surface area contributed by atoms with Gasteiger partial charge in [0, 0.05) is 29.6 Å². The minimum absolute atomic E-state index is 0.200. The number of halogens is 4. The van der Waals surface area contributed by atoms with E-state index in [0.717, 1.165) is 55.3 Å². The summed E-state index contributed by atoms with van der Waals surface area (Å²) in [7, 11) is 0. The predicted octanol–water partition coefficient (Wildman–Crippen LogP) is 5.52. The number of amides is 1. The van der Waals surface area contributed by atoms with E-state index in [1.807, 2.05) is 12.1 Å². The summed E-state index contributed by atoms with van der Waals surface area (Å²) in [5, 5.41) is 3.03. The number of carbonyl (C=O) groups excluding carboxylic acids is 1. The van der Waals surface area contributed by atoms with Crippen molar-refractivity contribution in [3.8, 4) is 0 Å². The third-order valence-electron chi connectivity index (χ3n) is 6.48. The summed E-state index contributed by atoms with van der Waals surface area (Å²) in [6, 6.07) is 10.3. The first-order valence-corrected chi connectivity index (χ1v) is 10.9. The van der Waals surface area contributed by atoms with Crippen LogP contribution in [0.25, 0.3) is 0 Å². The Labute approximate surface area is 188 Å². The molecular weight excluding hydrogens is 434 g/mol. The molecule has 8 heteroatoms. The van der Waals surface area contributed by atoms with Gasteiger partial charge in [-0.2, -0.15) is 13.2 Å². The van der Waals surface area contributed by atoms with Crippen molar-refractivity contribution in [1.29, 1.82) is 0 Å². The second-order valence-corrected chi connectivity index (χ2v) is 8.73. The molecule has 0 bridgehead atoms. The Hall–Kier alpha value is -3.29. The lowest BCUT2D eigenvalue weighted by Crippen LogP contribution is -2.36. The number of nitrogens with one attached hydrogen (secondary N) is 1. The molecule has 1 aromatic carbocycles. The topological polar surface area (TPSA) is 54.9 Å². The van der Waals surface area contributed by atoms with E-state index in [1.165, 1.54) is 36.5 Å². The van der Waals surface area contributed by atoms with Crippen LogP contribution in [0, 0.1) is 5.82 Å². The van der Waals surface area contributed by atoms with E-state index in [9.17, 15) is 22.4 Å². The molecule has 170 valence electrons. The van der Waals surface area contributed by atoms with Crippen LogP contribution in [-0.2, 0) is 18.1 Å². The van der Waals surface area contributed by atoms with Gasteiger partial charge in [-0.3, -0.25) is 14.8 Å². The van der Waals surface area contributed by atoms with Gasteiger partial charge in [-0.1, -0.05) is 6.07 Å². The smallest absolute Gasteiger partial charge is 0.341 e. The maximum Gasteiger partial charge on any atom is 0.417 e. The summed E-state index contributed by atoms with van der Waals surface area (Å²) >= 11 is 0. The SMILES string of the molecule is O=C(NC1(c2ccc3c(n2)CCCC3c2cncc(C(F)(F)F)c2)CC1)c1ccc(F)cc1. The first-order valence-electron chi connectivity index (χ1n) is 10.9. The lowest BCUT2D eigenvalue weighted by molar-refractivity contribution is -0.137. The predicted molar refractivity (Wildman–Crippen MR) is 113 cm³/mol. The molecule has 4 nitrogen and oxygen atoms in total. The summed E-state index contributed by atoms with van der Waals surface area (Å²) in [5.74, 6) is -0.899. The third-order valence-corrected chi connectivity index (χ3v) is 6.48. The van der Waals surface area contributed by atoms with E-state index in [0.29, 0.717) is 11.1 Å². The number of hydrogen-bond donors (Lipinski definition) is 1. The summed E-state index contributed by atoms with van der Waals surface area (Å²) in [6.45, 7) is 0. The van der Waals surface area contributed by atoms with E-state index in [1.54, 1.807) is 0 Å². The van der Waals surface area contributed by atoms with Crippen LogP contribution in [-0.4, -0.2) is 15.9 Å². The van der Waals surface area contributed by atoms with E-state index >= 15 is 0 Å². The standard InChI is InChI=1S/C25H21F4N3O/c26-18-6-4-15(5-7-18)23(33)32-24(10-11-24)22-9-8-20-19(2-1-3-21(20)31-22)16-12-17(14-30-13-16)25(27,28)29/h4-9,12-14,19H,1-3,10-11H2,(H,32,33). The molecule has 2 aliphatic carbocycles. The number of nitrogens with zero attached hydrogens (tertiary/aromatic N) is 2. The second kappa shape index (κ2) is 7.93. The van der Waals surface area contributed by atoms with Crippen molar-refractivity contribution in [3.05, 3.63) is 94.3 Å². The molecule has 5 rings (SSSR count). The van der Waals surface area contributed by atoms with Crippen molar-refractivity contribution in [2.24, 2.45) is 0 Å². The van der Waals surface area contributed by atoms with Crippen molar-refractivity contribution < 1.29 is 22.4 Å². The maximum atomic E-state index is 13.2. The molecular formula is C25H21F4N3O. The van der Waals surface area contributed by atoms with E-state index in [2.05, 4.69) is 10.3 Å². The molecule has 1 atom stereocenters. The van der Waals surface area contributed by atoms with Crippen LogP contribution in [0.5, 0.6) is 0 Å². The van der Waals surface area contributed by atoms with Crippen LogP contribution in [0.3, 0.4) is 0 Å². The largest absolute Gasteiger partial charge is 0.417 e. The number of hydrogen-bond acceptors (Lipinski definition) is 3. The van der Waals surface area contributed by atoms with Gasteiger partial charge in [-0.25, -0.2) is 4.39 Å². The summed E-state index contributed by atoms with van der Waals surface area (Å²) < 4.78 is 52.6. The number of carbonyl (C=O) groups is 1. The average Bonchev–Trinajstić information content (AvgIpc) is 3.59. The fourth-order valence-electron chi connectivity index (χ4n) is 4.54. The molecule has 1 N–H and O–H groups in total. The normalized spacial score (nSPS) is 19.0. The van der Waals surface area contributed by atoms with E-state index < -0.39 is 23.1 Å². The van der Waals surface area contributed by atoms with Crippen LogP contribution < -0.4 is 5.32 Å². The summed E-state index contributed by atoms with van der Waals surface area (Å²) in [6.07, 6.45) is 1.64. The zero-order valence-electron chi connectivity index (χ0n) is 17.6. The minimum atomic E-state index is -4.44. The van der Waals surface area contributed by atoms with E-state index in [4.69, 9.17) is 4.98 Å². The lowest BCUT2D eigenvalue weighted by atomic mass is 9.81. The van der Waals surface area contributed by atoms with Crippen LogP contribution in [0.15, 0.2) is 54.9 Å². The van der Waals surface area contributed by atoms with Gasteiger partial charge in [0.2, 0.25) is 0 Å². The van der Waals surface area contributed by atoms with Crippen molar-refractivity contribution in [1.82, 2.24) is 15.3 Å². The Morgan fingerprint density at radius 3 is 2.52 bits per heavy atom. The van der Waals surface area contributed by atoms with Gasteiger partial charge >= 0.3 is 6.18 Å². The molecule has 0 spiro atoms. The zero-order valence-corrected chi connectivity index (χ0v) is 17.6. The molecule has 2 aromatic heterocycles. The molecule has 3 aromatic rings. The van der Waals surface area contributed by atoms with Crippen molar-refractivity contribution in [3.63, 3.8) is 0 Å². The summed E-state index contributed by atoms with van der Waals surface area (Å²) in [5.41, 5.74) is 2.10. The molecule has 0 radical (unpaired) electrons. The molecule has 1 fully saturated rings. The maximum absolute atomic E-state index is 13.2. The molecule has 0 aliphatic heterocycles. The highest BCUT2D eigenvalue weighted by Crippen LogP contribution is 2.46. The highest BCUT2D eigenvalue weighted by Gasteiger charge is 2.47. The van der Waals surface area contributed by atoms with Crippen LogP contribution >= 0.6 is 0 Å². The fraction of sp³-hybridized carbons (Fsp3) is 0.320. The first kappa shape index (κ1) is 21.6. The van der Waals surface area contributed by atoms with Crippen LogP contribution in [0.4, 0.5) is 17.6 Å². The van der Waals surface area contributed by atoms with Crippen molar-refractivity contribution in [2.45, 2.75) is 49.7 Å². The Morgan fingerprint density at radius 2 is 1.82 bits per heavy atom. The van der Waals surface area contributed by atoms with Crippen molar-refractivity contribution >= 4 is 5.91 Å². The molecule has 33 heavy (non-hydrogen) atoms. The van der Waals surface area contributed by atoms with Gasteiger partial charge < -0.3 is 5.32 Å². The molecule has 1 saturated carbocycles. The average molecular weight is 455 g/mol. The molecule has 2 aliphatic rings. The Balaban J connectivity index is 1.41. The van der Waals surface area contributed by atoms with Gasteiger partial charge in [0.25, 0.3) is 5.91 Å². The van der Waals surface area contributed by atoms with Gasteiger partial charge in [-0.15, -0.1) is 0 Å². The van der Waals surface area contributed by atoms with Gasteiger partial charge in [0.1, 0.15) is 5.82 Å². The van der Waals surface area contributed by atoms with E-state index in [-0.39, 0.29) is 11.8 Å². The Kier molecular flexibility index (Phi) is 5.18. The van der Waals surface area contributed by atoms with Crippen LogP contribution in [0.1, 0.15) is 70.0 Å². The van der Waals surface area contributed by atoms with Gasteiger partial charge in [0.15, 0.2) is 0 Å². The third kappa shape index (κ3) is 4.21. The monoisotopic (exact) mass is 455 g/mol. The number of fused-ring (bicyclic) bond motifs is 1. The summed E-state index contributed by atoms with van der Waals surface area (Å²) in [4.78, 5) is 21.3. The number of pyridine rings is 2. The molecule has 1 amide bonds. The molecule has 2 heterocycles. The first-order chi connectivity index (χ1) is 15.7. The van der Waals surface area contributed by atoms with Gasteiger partial charge in [0.05, 0.1) is 16.8 Å². The number of aryl methyl sites for hydroxylation is 1. The molecule has 0 saturated heterocycles. The van der Waals surface area contributed by atoms with Gasteiger partial charge in [-0.05, 0) is 79.6 Å². The number of alkyl halides is 3. The number of rotatable bonds is 4. The second-order valence-electron chi connectivity index (χ2n) is 8.73. The Morgan fingerprint density at radius 1 is 1.06 bits per heavy atom. The van der Waals surface area contributed by atoms with Crippen molar-refractivity contribution in [2.75, 3.05) is 0 Å². The lowest BCUT2D eigenvalue weighted by Gasteiger charge is -2.27. The fourth-order valence-corrected chi connectivity index (χ4v) is 4.54. The highest BCUT2D eigenvalue weighted by molar-refractivity contribution is 5.95. The molecule has 1 unspecified atom stereocenters. The Bertz CT molecular complexity index is 1200. The van der Waals surface area contributed by atoms with Crippen LogP contribution in [0.2, 0.25) is 0 Å². The number of aromatic nitrogens is 2. The number of benzene rings is 1. The minimum Gasteiger partial charge on any atom is -0.341 e. The zero-order chi connectivity index (χ0) is 23.2. The highest BCUT2D eigenvalue weighted by atomic mass is 19.4.